The quantitative estimate of drug-likeness (QED) is 0.848. The van der Waals surface area contributed by atoms with Gasteiger partial charge in [-0.25, -0.2) is 0 Å². The number of likely N-dealkylation sites (tertiary alicyclic amines) is 1. The molecule has 0 spiro atoms. The van der Waals surface area contributed by atoms with E-state index in [1.807, 2.05) is 0 Å². The zero-order valence-electron chi connectivity index (χ0n) is 14.4. The molecule has 1 aliphatic heterocycles. The number of hydrogen-bond donors (Lipinski definition) is 2. The van der Waals surface area contributed by atoms with Gasteiger partial charge >= 0.3 is 0 Å². The van der Waals surface area contributed by atoms with E-state index >= 15 is 0 Å². The second-order valence-electron chi connectivity index (χ2n) is 7.91. The Kier molecular flexibility index (Phi) is 6.42. The van der Waals surface area contributed by atoms with Crippen molar-refractivity contribution >= 4 is 0 Å². The summed E-state index contributed by atoms with van der Waals surface area (Å²) in [6.07, 6.45) is 2.49. The molecule has 3 nitrogen and oxygen atoms in total. The number of hydrogen-bond acceptors (Lipinski definition) is 3. The number of nitrogens with zero attached hydrogens (tertiary/aromatic N) is 1. The largest absolute Gasteiger partial charge is 0.395 e. The van der Waals surface area contributed by atoms with E-state index in [9.17, 15) is 5.11 Å². The van der Waals surface area contributed by atoms with Gasteiger partial charge in [0.05, 0.1) is 6.61 Å². The molecule has 0 aliphatic carbocycles. The van der Waals surface area contributed by atoms with Crippen LogP contribution in [0.25, 0.3) is 0 Å². The molecule has 1 heterocycles. The van der Waals surface area contributed by atoms with E-state index in [2.05, 4.69) is 61.3 Å². The Morgan fingerprint density at radius 2 is 1.91 bits per heavy atom. The molecule has 2 atom stereocenters. The third kappa shape index (κ3) is 6.07. The summed E-state index contributed by atoms with van der Waals surface area (Å²) in [5, 5.41) is 13.0. The van der Waals surface area contributed by atoms with E-state index in [4.69, 9.17) is 0 Å². The minimum Gasteiger partial charge on any atom is -0.395 e. The summed E-state index contributed by atoms with van der Waals surface area (Å²) < 4.78 is 0. The van der Waals surface area contributed by atoms with Crippen LogP contribution in [0.5, 0.6) is 0 Å². The smallest absolute Gasteiger partial charge is 0.0558 e. The van der Waals surface area contributed by atoms with E-state index in [1.54, 1.807) is 0 Å². The van der Waals surface area contributed by atoms with E-state index < -0.39 is 0 Å². The third-order valence-electron chi connectivity index (χ3n) is 4.37. The Morgan fingerprint density at radius 3 is 2.55 bits per heavy atom. The number of nitrogens with one attached hydrogen (secondary N) is 1. The fourth-order valence-corrected chi connectivity index (χ4v) is 3.65. The average Bonchev–Trinajstić information content (AvgIpc) is 2.44. The first-order chi connectivity index (χ1) is 10.5. The minimum absolute atomic E-state index is 0.258. The van der Waals surface area contributed by atoms with Crippen molar-refractivity contribution in [3.05, 3.63) is 35.9 Å². The molecule has 1 aromatic carbocycles. The van der Waals surface area contributed by atoms with Crippen LogP contribution in [0.1, 0.15) is 39.2 Å². The number of β-amino-alcohol motifs (C(OH)–C–C–N with tert-alkyl or cyclic N) is 1. The molecule has 1 saturated heterocycles. The maximum atomic E-state index is 9.27. The maximum Gasteiger partial charge on any atom is 0.0558 e. The predicted octanol–water partition coefficient (Wildman–Crippen LogP) is 2.90. The molecule has 22 heavy (non-hydrogen) atoms. The van der Waals surface area contributed by atoms with Crippen LogP contribution >= 0.6 is 0 Å². The van der Waals surface area contributed by atoms with Crippen molar-refractivity contribution in [3.8, 4) is 0 Å². The Labute approximate surface area is 135 Å². The highest BCUT2D eigenvalue weighted by atomic mass is 16.3. The van der Waals surface area contributed by atoms with Gasteiger partial charge in [0.1, 0.15) is 0 Å². The van der Waals surface area contributed by atoms with Gasteiger partial charge in [0.25, 0.3) is 0 Å². The van der Waals surface area contributed by atoms with E-state index in [-0.39, 0.29) is 6.61 Å². The zero-order chi connectivity index (χ0) is 16.0. The van der Waals surface area contributed by atoms with Gasteiger partial charge in [-0.05, 0) is 29.7 Å². The SMILES string of the molecule is CC(C)(C)CC1CC(NCc2ccccc2)CN(CCO)C1. The average molecular weight is 304 g/mol. The number of rotatable bonds is 6. The standard InChI is InChI=1S/C19H32N2O/c1-19(2,3)12-17-11-18(15-21(14-17)9-10-22)20-13-16-7-5-4-6-8-16/h4-8,17-18,20,22H,9-15H2,1-3H3. The van der Waals surface area contributed by atoms with E-state index in [0.29, 0.717) is 17.4 Å². The molecule has 1 aromatic rings. The molecule has 3 heteroatoms. The van der Waals surface area contributed by atoms with Gasteiger partial charge < -0.3 is 10.4 Å². The Hall–Kier alpha value is -0.900. The first kappa shape index (κ1) is 17.5. The topological polar surface area (TPSA) is 35.5 Å². The maximum absolute atomic E-state index is 9.27. The van der Waals surface area contributed by atoms with Crippen molar-refractivity contribution in [2.75, 3.05) is 26.2 Å². The molecule has 0 saturated carbocycles. The predicted molar refractivity (Wildman–Crippen MR) is 92.8 cm³/mol. The summed E-state index contributed by atoms with van der Waals surface area (Å²) in [6, 6.07) is 11.1. The summed E-state index contributed by atoms with van der Waals surface area (Å²) in [6.45, 7) is 11.1. The normalized spacial score (nSPS) is 23.6. The lowest BCUT2D eigenvalue weighted by molar-refractivity contribution is 0.0956. The minimum atomic E-state index is 0.258. The molecule has 2 rings (SSSR count). The monoisotopic (exact) mass is 304 g/mol. The first-order valence-electron chi connectivity index (χ1n) is 8.57. The highest BCUT2D eigenvalue weighted by molar-refractivity contribution is 5.14. The first-order valence-corrected chi connectivity index (χ1v) is 8.57. The van der Waals surface area contributed by atoms with Crippen LogP contribution < -0.4 is 5.32 Å². The third-order valence-corrected chi connectivity index (χ3v) is 4.37. The fourth-order valence-electron chi connectivity index (χ4n) is 3.65. The summed E-state index contributed by atoms with van der Waals surface area (Å²) in [4.78, 5) is 2.42. The lowest BCUT2D eigenvalue weighted by Crippen LogP contribution is -2.50. The molecular weight excluding hydrogens is 272 g/mol. The van der Waals surface area contributed by atoms with Crippen molar-refractivity contribution < 1.29 is 5.11 Å². The van der Waals surface area contributed by atoms with Crippen molar-refractivity contribution in [3.63, 3.8) is 0 Å². The van der Waals surface area contributed by atoms with Crippen molar-refractivity contribution in [1.29, 1.82) is 0 Å². The van der Waals surface area contributed by atoms with Gasteiger partial charge in [0, 0.05) is 32.2 Å². The van der Waals surface area contributed by atoms with Crippen molar-refractivity contribution in [2.45, 2.75) is 46.2 Å². The number of aliphatic hydroxyl groups excluding tert-OH is 1. The van der Waals surface area contributed by atoms with Gasteiger partial charge in [-0.2, -0.15) is 0 Å². The van der Waals surface area contributed by atoms with E-state index in [1.165, 1.54) is 18.4 Å². The molecule has 2 N–H and O–H groups in total. The molecular formula is C19H32N2O. The molecule has 2 unspecified atom stereocenters. The van der Waals surface area contributed by atoms with Crippen LogP contribution in [0.4, 0.5) is 0 Å². The zero-order valence-corrected chi connectivity index (χ0v) is 14.4. The fraction of sp³-hybridized carbons (Fsp3) is 0.684. The summed E-state index contributed by atoms with van der Waals surface area (Å²) in [7, 11) is 0. The second kappa shape index (κ2) is 8.09. The van der Waals surface area contributed by atoms with Crippen LogP contribution in [-0.2, 0) is 6.54 Å². The van der Waals surface area contributed by atoms with Crippen LogP contribution in [0.15, 0.2) is 30.3 Å². The Balaban J connectivity index is 1.90. The van der Waals surface area contributed by atoms with Gasteiger partial charge in [-0.3, -0.25) is 4.90 Å². The lowest BCUT2D eigenvalue weighted by atomic mass is 9.80. The highest BCUT2D eigenvalue weighted by Crippen LogP contribution is 2.30. The van der Waals surface area contributed by atoms with Gasteiger partial charge in [0.2, 0.25) is 0 Å². The molecule has 0 bridgehead atoms. The molecule has 0 radical (unpaired) electrons. The highest BCUT2D eigenvalue weighted by Gasteiger charge is 2.29. The van der Waals surface area contributed by atoms with Crippen LogP contribution in [0.3, 0.4) is 0 Å². The Morgan fingerprint density at radius 1 is 1.18 bits per heavy atom. The van der Waals surface area contributed by atoms with Crippen LogP contribution in [-0.4, -0.2) is 42.3 Å². The summed E-state index contributed by atoms with van der Waals surface area (Å²) in [5.74, 6) is 0.716. The number of aliphatic hydroxyl groups is 1. The van der Waals surface area contributed by atoms with Crippen molar-refractivity contribution in [1.82, 2.24) is 10.2 Å². The second-order valence-corrected chi connectivity index (χ2v) is 7.91. The van der Waals surface area contributed by atoms with Gasteiger partial charge in [0.15, 0.2) is 0 Å². The molecule has 0 aromatic heterocycles. The van der Waals surface area contributed by atoms with E-state index in [0.717, 1.165) is 26.2 Å². The molecule has 1 fully saturated rings. The Bertz CT molecular complexity index is 427. The molecule has 0 amide bonds. The van der Waals surface area contributed by atoms with Gasteiger partial charge in [-0.1, -0.05) is 51.1 Å². The molecule has 124 valence electrons. The lowest BCUT2D eigenvalue weighted by Gasteiger charge is -2.40. The number of benzene rings is 1. The summed E-state index contributed by atoms with van der Waals surface area (Å²) in [5.41, 5.74) is 1.71. The van der Waals surface area contributed by atoms with Crippen molar-refractivity contribution in [2.24, 2.45) is 11.3 Å². The van der Waals surface area contributed by atoms with Gasteiger partial charge in [-0.15, -0.1) is 0 Å². The number of piperidine rings is 1. The molecule has 1 aliphatic rings. The van der Waals surface area contributed by atoms with Crippen LogP contribution in [0, 0.1) is 11.3 Å². The summed E-state index contributed by atoms with van der Waals surface area (Å²) >= 11 is 0. The van der Waals surface area contributed by atoms with Crippen LogP contribution in [0.2, 0.25) is 0 Å².